The molecule has 0 spiro atoms. The Hall–Kier alpha value is -2.14. The van der Waals surface area contributed by atoms with Crippen LogP contribution in [0.25, 0.3) is 0 Å². The van der Waals surface area contributed by atoms with Crippen LogP contribution < -0.4 is 10.6 Å². The second-order valence-electron chi connectivity index (χ2n) is 8.58. The van der Waals surface area contributed by atoms with Crippen LogP contribution in [0.15, 0.2) is 24.3 Å². The van der Waals surface area contributed by atoms with E-state index in [1.807, 2.05) is 10.2 Å². The summed E-state index contributed by atoms with van der Waals surface area (Å²) in [5, 5.41) is 4.68. The van der Waals surface area contributed by atoms with Crippen LogP contribution in [-0.2, 0) is 21.2 Å². The first-order valence-corrected chi connectivity index (χ1v) is 11.9. The fraction of sp³-hybridized carbons (Fsp3) is 0.600. The second-order valence-corrected chi connectivity index (χ2v) is 10.8. The van der Waals surface area contributed by atoms with Gasteiger partial charge in [0.2, 0.25) is 5.91 Å². The highest BCUT2D eigenvalue weighted by molar-refractivity contribution is 7.91. The maximum atomic E-state index is 12.6. The van der Waals surface area contributed by atoms with Crippen LogP contribution in [0.3, 0.4) is 0 Å². The van der Waals surface area contributed by atoms with Gasteiger partial charge in [-0.1, -0.05) is 12.1 Å². The summed E-state index contributed by atoms with van der Waals surface area (Å²) in [7, 11) is -3.13. The van der Waals surface area contributed by atoms with Gasteiger partial charge in [0.25, 0.3) is 5.91 Å². The molecule has 0 radical (unpaired) electrons. The van der Waals surface area contributed by atoms with E-state index in [9.17, 15) is 31.2 Å². The lowest BCUT2D eigenvalue weighted by molar-refractivity contribution is -0.124. The van der Waals surface area contributed by atoms with Gasteiger partial charge in [-0.15, -0.1) is 0 Å². The van der Waals surface area contributed by atoms with E-state index in [1.54, 1.807) is 19.1 Å². The van der Waals surface area contributed by atoms with Crippen molar-refractivity contribution >= 4 is 21.7 Å². The smallest absolute Gasteiger partial charge is 0.349 e. The normalized spacial score (nSPS) is 23.0. The SMILES string of the molecule is CC1(NC(=O)CN(Cc2ccc(C(=O)NCC(F)(F)F)cc2)C2CC2)CCS(=O)(=O)C1. The third-order valence-corrected chi connectivity index (χ3v) is 7.31. The zero-order valence-corrected chi connectivity index (χ0v) is 18.0. The first kappa shape index (κ1) is 23.5. The van der Waals surface area contributed by atoms with Gasteiger partial charge >= 0.3 is 6.18 Å². The number of hydrogen-bond acceptors (Lipinski definition) is 5. The Labute approximate surface area is 179 Å². The summed E-state index contributed by atoms with van der Waals surface area (Å²) in [6.07, 6.45) is -2.17. The topological polar surface area (TPSA) is 95.6 Å². The first-order valence-electron chi connectivity index (χ1n) is 10.0. The molecule has 1 heterocycles. The molecule has 2 N–H and O–H groups in total. The molecule has 2 aliphatic rings. The molecule has 0 aromatic heterocycles. The molecule has 3 rings (SSSR count). The lowest BCUT2D eigenvalue weighted by Gasteiger charge is -2.27. The molecular weight excluding hydrogens is 435 g/mol. The highest BCUT2D eigenvalue weighted by Gasteiger charge is 2.40. The Balaban J connectivity index is 1.55. The lowest BCUT2D eigenvalue weighted by atomic mass is 10.0. The Morgan fingerprint density at radius 3 is 2.35 bits per heavy atom. The van der Waals surface area contributed by atoms with Crippen LogP contribution >= 0.6 is 0 Å². The maximum absolute atomic E-state index is 12.6. The molecule has 1 saturated carbocycles. The van der Waals surface area contributed by atoms with Crippen LogP contribution in [0.5, 0.6) is 0 Å². The van der Waals surface area contributed by atoms with E-state index in [2.05, 4.69) is 5.32 Å². The van der Waals surface area contributed by atoms with Gasteiger partial charge in [0.1, 0.15) is 6.54 Å². The third-order valence-electron chi connectivity index (χ3n) is 5.41. The van der Waals surface area contributed by atoms with Crippen LogP contribution in [0.1, 0.15) is 42.1 Å². The summed E-state index contributed by atoms with van der Waals surface area (Å²) in [6, 6.07) is 6.47. The average molecular weight is 462 g/mol. The number of carbonyl (C=O) groups is 2. The molecule has 172 valence electrons. The number of alkyl halides is 3. The van der Waals surface area contributed by atoms with Crippen LogP contribution in [0.4, 0.5) is 13.2 Å². The van der Waals surface area contributed by atoms with Crippen LogP contribution in [-0.4, -0.2) is 67.5 Å². The minimum atomic E-state index is -4.47. The van der Waals surface area contributed by atoms with Crippen molar-refractivity contribution < 1.29 is 31.2 Å². The molecule has 1 atom stereocenters. The zero-order valence-electron chi connectivity index (χ0n) is 17.2. The molecule has 31 heavy (non-hydrogen) atoms. The summed E-state index contributed by atoms with van der Waals surface area (Å²) in [5.41, 5.74) is 0.192. The highest BCUT2D eigenvalue weighted by atomic mass is 32.2. The summed E-state index contributed by atoms with van der Waals surface area (Å²) in [5.74, 6) is -1.04. The van der Waals surface area contributed by atoms with Crippen LogP contribution in [0.2, 0.25) is 0 Å². The number of hydrogen-bond donors (Lipinski definition) is 2. The van der Waals surface area contributed by atoms with Crippen molar-refractivity contribution in [2.45, 2.75) is 50.5 Å². The number of halogens is 3. The van der Waals surface area contributed by atoms with E-state index in [4.69, 9.17) is 0 Å². The number of amides is 2. The van der Waals surface area contributed by atoms with E-state index in [-0.39, 0.29) is 35.6 Å². The fourth-order valence-electron chi connectivity index (χ4n) is 3.70. The minimum Gasteiger partial charge on any atom is -0.349 e. The quantitative estimate of drug-likeness (QED) is 0.614. The van der Waals surface area contributed by atoms with E-state index in [0.29, 0.717) is 13.0 Å². The highest BCUT2D eigenvalue weighted by Crippen LogP contribution is 2.29. The summed E-state index contributed by atoms with van der Waals surface area (Å²) in [4.78, 5) is 26.4. The van der Waals surface area contributed by atoms with Crippen molar-refractivity contribution in [2.24, 2.45) is 0 Å². The standard InChI is InChI=1S/C20H26F3N3O4S/c1-19(8-9-31(29,30)13-19)25-17(27)11-26(16-6-7-16)10-14-2-4-15(5-3-14)18(28)24-12-20(21,22)23/h2-5,16H,6-13H2,1H3,(H,24,28)(H,25,27). The Morgan fingerprint density at radius 2 is 1.84 bits per heavy atom. The Morgan fingerprint density at radius 1 is 1.19 bits per heavy atom. The number of rotatable bonds is 8. The van der Waals surface area contributed by atoms with Crippen molar-refractivity contribution in [3.63, 3.8) is 0 Å². The number of benzene rings is 1. The predicted octanol–water partition coefficient (Wildman–Crippen LogP) is 1.64. The zero-order chi connectivity index (χ0) is 22.9. The van der Waals surface area contributed by atoms with Gasteiger partial charge in [0.05, 0.1) is 23.6 Å². The van der Waals surface area contributed by atoms with E-state index >= 15 is 0 Å². The monoisotopic (exact) mass is 461 g/mol. The molecular formula is C20H26F3N3O4S. The molecule has 2 amide bonds. The molecule has 11 heteroatoms. The van der Waals surface area contributed by atoms with E-state index in [1.165, 1.54) is 12.1 Å². The first-order chi connectivity index (χ1) is 14.3. The van der Waals surface area contributed by atoms with Crippen molar-refractivity contribution in [3.8, 4) is 0 Å². The fourth-order valence-corrected chi connectivity index (χ4v) is 5.80. The van der Waals surface area contributed by atoms with Crippen molar-refractivity contribution in [2.75, 3.05) is 24.6 Å². The van der Waals surface area contributed by atoms with Crippen molar-refractivity contribution in [1.29, 1.82) is 0 Å². The Bertz CT molecular complexity index is 930. The molecule has 0 bridgehead atoms. The minimum absolute atomic E-state index is 0.0625. The number of sulfone groups is 1. The summed E-state index contributed by atoms with van der Waals surface area (Å²) in [6.45, 7) is 0.906. The Kier molecular flexibility index (Phi) is 6.66. The average Bonchev–Trinajstić information content (AvgIpc) is 3.45. The maximum Gasteiger partial charge on any atom is 0.405 e. The molecule has 1 saturated heterocycles. The van der Waals surface area contributed by atoms with Gasteiger partial charge < -0.3 is 10.6 Å². The largest absolute Gasteiger partial charge is 0.405 e. The van der Waals surface area contributed by atoms with E-state index < -0.39 is 34.0 Å². The lowest BCUT2D eigenvalue weighted by Crippen LogP contribution is -2.50. The number of nitrogens with zero attached hydrogens (tertiary/aromatic N) is 1. The van der Waals surface area contributed by atoms with Crippen LogP contribution in [0, 0.1) is 0 Å². The molecule has 1 aromatic rings. The van der Waals surface area contributed by atoms with Crippen molar-refractivity contribution in [1.82, 2.24) is 15.5 Å². The number of nitrogens with one attached hydrogen (secondary N) is 2. The molecule has 2 fully saturated rings. The third kappa shape index (κ3) is 7.20. The summed E-state index contributed by atoms with van der Waals surface area (Å²) >= 11 is 0. The van der Waals surface area contributed by atoms with E-state index in [0.717, 1.165) is 18.4 Å². The summed E-state index contributed by atoms with van der Waals surface area (Å²) < 4.78 is 60.2. The predicted molar refractivity (Wildman–Crippen MR) is 108 cm³/mol. The molecule has 1 aliphatic carbocycles. The van der Waals surface area contributed by atoms with Gasteiger partial charge in [-0.25, -0.2) is 8.42 Å². The number of carbonyl (C=O) groups excluding carboxylic acids is 2. The molecule has 1 aliphatic heterocycles. The van der Waals surface area contributed by atoms with Gasteiger partial charge in [0.15, 0.2) is 9.84 Å². The van der Waals surface area contributed by atoms with Gasteiger partial charge in [-0.05, 0) is 43.9 Å². The molecule has 1 aromatic carbocycles. The second kappa shape index (κ2) is 8.78. The molecule has 7 nitrogen and oxygen atoms in total. The van der Waals surface area contributed by atoms with Gasteiger partial charge in [-0.3, -0.25) is 14.5 Å². The van der Waals surface area contributed by atoms with Gasteiger partial charge in [0, 0.05) is 18.2 Å². The van der Waals surface area contributed by atoms with Gasteiger partial charge in [-0.2, -0.15) is 13.2 Å². The van der Waals surface area contributed by atoms with Crippen molar-refractivity contribution in [3.05, 3.63) is 35.4 Å². The molecule has 1 unspecified atom stereocenters.